The first kappa shape index (κ1) is 22.1. The second-order valence-electron chi connectivity index (χ2n) is 4.64. The minimum atomic E-state index is 0. The van der Waals surface area contributed by atoms with Crippen molar-refractivity contribution in [2.75, 3.05) is 11.9 Å². The number of aryl methyl sites for hydroxylation is 1. The van der Waals surface area contributed by atoms with Gasteiger partial charge in [-0.1, -0.05) is 51.5 Å². The molecule has 0 bridgehead atoms. The van der Waals surface area contributed by atoms with E-state index >= 15 is 0 Å². The number of anilines is 1. The Hall–Kier alpha value is -1.85. The van der Waals surface area contributed by atoms with Crippen LogP contribution in [0.15, 0.2) is 30.7 Å². The average molecular weight is 380 g/mol. The van der Waals surface area contributed by atoms with Crippen molar-refractivity contribution in [2.24, 2.45) is 7.05 Å². The van der Waals surface area contributed by atoms with Gasteiger partial charge in [0.05, 0.1) is 11.6 Å². The van der Waals surface area contributed by atoms with Crippen LogP contribution in [0.25, 0.3) is 11.0 Å². The molecule has 0 aliphatic carbocycles. The summed E-state index contributed by atoms with van der Waals surface area (Å²) in [6, 6.07) is 5.53. The maximum absolute atomic E-state index is 6.16. The first-order valence-electron chi connectivity index (χ1n) is 6.45. The molecule has 1 aromatic carbocycles. The Morgan fingerprint density at radius 2 is 1.92 bits per heavy atom. The van der Waals surface area contributed by atoms with Crippen molar-refractivity contribution in [3.8, 4) is 0 Å². The van der Waals surface area contributed by atoms with Crippen LogP contribution >= 0.6 is 23.2 Å². The van der Waals surface area contributed by atoms with E-state index in [2.05, 4.69) is 20.4 Å². The summed E-state index contributed by atoms with van der Waals surface area (Å²) in [4.78, 5) is 8.46. The molecule has 142 valence electrons. The zero-order chi connectivity index (χ0) is 14.8. The Labute approximate surface area is 161 Å². The lowest BCUT2D eigenvalue weighted by Gasteiger charge is -2.08. The fourth-order valence-electron chi connectivity index (χ4n) is 2.14. The SMILES string of the molecule is C.C.C.Cn1ncc2c(NCCc3ccc(Cl)cc3Cl)ncnc21.[HH].[HH].[HH].[HH].[HH]. The number of halogens is 2. The van der Waals surface area contributed by atoms with E-state index in [1.165, 1.54) is 6.33 Å². The second-order valence-corrected chi connectivity index (χ2v) is 5.48. The van der Waals surface area contributed by atoms with Gasteiger partial charge in [0.25, 0.3) is 0 Å². The lowest BCUT2D eigenvalue weighted by molar-refractivity contribution is 0.785. The second kappa shape index (κ2) is 9.45. The number of hydrogen-bond acceptors (Lipinski definition) is 4. The molecule has 0 atom stereocenters. The molecule has 0 spiro atoms. The van der Waals surface area contributed by atoms with Gasteiger partial charge >= 0.3 is 0 Å². The van der Waals surface area contributed by atoms with Gasteiger partial charge in [0.15, 0.2) is 5.65 Å². The van der Waals surface area contributed by atoms with Crippen LogP contribution in [0.1, 0.15) is 35.0 Å². The van der Waals surface area contributed by atoms with Crippen LogP contribution in [0, 0.1) is 0 Å². The summed E-state index contributed by atoms with van der Waals surface area (Å²) >= 11 is 12.0. The highest BCUT2D eigenvalue weighted by Crippen LogP contribution is 2.22. The van der Waals surface area contributed by atoms with Crippen LogP contribution in [-0.2, 0) is 13.5 Å². The topological polar surface area (TPSA) is 55.6 Å². The number of fused-ring (bicyclic) bond motifs is 1. The largest absolute Gasteiger partial charge is 0.369 e. The fourth-order valence-corrected chi connectivity index (χ4v) is 2.65. The van der Waals surface area contributed by atoms with Crippen LogP contribution in [-0.4, -0.2) is 26.3 Å². The minimum absolute atomic E-state index is 0. The lowest BCUT2D eigenvalue weighted by atomic mass is 10.1. The molecule has 0 saturated carbocycles. The molecule has 0 aliphatic rings. The Morgan fingerprint density at radius 3 is 2.62 bits per heavy atom. The predicted molar refractivity (Wildman–Crippen MR) is 116 cm³/mol. The van der Waals surface area contributed by atoms with E-state index < -0.39 is 0 Å². The van der Waals surface area contributed by atoms with Gasteiger partial charge < -0.3 is 5.32 Å². The summed E-state index contributed by atoms with van der Waals surface area (Å²) in [7, 11) is 1.85. The van der Waals surface area contributed by atoms with Crippen molar-refractivity contribution < 1.29 is 7.13 Å². The Bertz CT molecular complexity index is 805. The van der Waals surface area contributed by atoms with Gasteiger partial charge in [-0.25, -0.2) is 9.97 Å². The quantitative estimate of drug-likeness (QED) is 0.564. The van der Waals surface area contributed by atoms with Crippen LogP contribution in [0.2, 0.25) is 10.0 Å². The van der Waals surface area contributed by atoms with E-state index in [1.54, 1.807) is 16.9 Å². The van der Waals surface area contributed by atoms with E-state index in [1.807, 2.05) is 19.2 Å². The smallest absolute Gasteiger partial charge is 0.163 e. The van der Waals surface area contributed by atoms with Gasteiger partial charge in [0.2, 0.25) is 0 Å². The highest BCUT2D eigenvalue weighted by molar-refractivity contribution is 6.35. The molecular weight excluding hydrogens is 345 g/mol. The molecule has 0 saturated heterocycles. The molecule has 1 N–H and O–H groups in total. The van der Waals surface area contributed by atoms with Crippen molar-refractivity contribution >= 4 is 40.1 Å². The number of nitrogens with zero attached hydrogens (tertiary/aromatic N) is 4. The zero-order valence-corrected chi connectivity index (χ0v) is 12.9. The molecule has 24 heavy (non-hydrogen) atoms. The van der Waals surface area contributed by atoms with Crippen molar-refractivity contribution in [3.05, 3.63) is 46.3 Å². The first-order valence-corrected chi connectivity index (χ1v) is 7.21. The van der Waals surface area contributed by atoms with Crippen LogP contribution in [0.4, 0.5) is 5.82 Å². The molecule has 3 rings (SSSR count). The van der Waals surface area contributed by atoms with Gasteiger partial charge in [-0.05, 0) is 24.1 Å². The molecular formula is C17H35Cl2N5. The summed E-state index contributed by atoms with van der Waals surface area (Å²) in [6.07, 6.45) is 4.07. The number of rotatable bonds is 4. The van der Waals surface area contributed by atoms with Gasteiger partial charge in [-0.2, -0.15) is 5.10 Å². The maximum atomic E-state index is 6.16. The molecule has 7 heteroatoms. The van der Waals surface area contributed by atoms with E-state index in [-0.39, 0.29) is 29.4 Å². The van der Waals surface area contributed by atoms with E-state index in [4.69, 9.17) is 23.2 Å². The van der Waals surface area contributed by atoms with Gasteiger partial charge in [-0.15, -0.1) is 0 Å². The number of aromatic nitrogens is 4. The molecule has 2 aromatic heterocycles. The third-order valence-corrected chi connectivity index (χ3v) is 3.82. The summed E-state index contributed by atoms with van der Waals surface area (Å²) in [5.41, 5.74) is 1.85. The highest BCUT2D eigenvalue weighted by Gasteiger charge is 2.07. The van der Waals surface area contributed by atoms with Crippen LogP contribution in [0.5, 0.6) is 0 Å². The molecule has 0 unspecified atom stereocenters. The van der Waals surface area contributed by atoms with Gasteiger partial charge in [0, 0.05) is 30.8 Å². The third kappa shape index (κ3) is 4.58. The zero-order valence-electron chi connectivity index (χ0n) is 11.3. The van der Waals surface area contributed by atoms with Crippen molar-refractivity contribution in [1.82, 2.24) is 19.7 Å². The van der Waals surface area contributed by atoms with Crippen LogP contribution in [0.3, 0.4) is 0 Å². The minimum Gasteiger partial charge on any atom is -0.369 e. The van der Waals surface area contributed by atoms with Crippen molar-refractivity contribution in [1.29, 1.82) is 0 Å². The summed E-state index contributed by atoms with van der Waals surface area (Å²) in [5, 5.41) is 9.71. The molecule has 0 radical (unpaired) electrons. The highest BCUT2D eigenvalue weighted by atomic mass is 35.5. The summed E-state index contributed by atoms with van der Waals surface area (Å²) < 4.78 is 1.72. The van der Waals surface area contributed by atoms with E-state index in [0.29, 0.717) is 16.6 Å². The number of hydrogen-bond donors (Lipinski definition) is 1. The number of nitrogens with one attached hydrogen (secondary N) is 1. The molecule has 5 nitrogen and oxygen atoms in total. The molecule has 3 aromatic rings. The lowest BCUT2D eigenvalue weighted by Crippen LogP contribution is -2.07. The van der Waals surface area contributed by atoms with Gasteiger partial charge in [0.1, 0.15) is 12.1 Å². The fraction of sp³-hybridized carbons (Fsp3) is 0.353. The van der Waals surface area contributed by atoms with Gasteiger partial charge in [-0.3, -0.25) is 4.68 Å². The Kier molecular flexibility index (Phi) is 8.72. The summed E-state index contributed by atoms with van der Waals surface area (Å²) in [5.74, 6) is 0.776. The van der Waals surface area contributed by atoms with Crippen molar-refractivity contribution in [2.45, 2.75) is 28.7 Å². The maximum Gasteiger partial charge on any atom is 0.163 e. The van der Waals surface area contributed by atoms with Crippen LogP contribution < -0.4 is 5.32 Å². The third-order valence-electron chi connectivity index (χ3n) is 3.23. The predicted octanol–water partition coefficient (Wildman–Crippen LogP) is 6.46. The Balaban J connectivity index is -0.000000165. The molecule has 0 amide bonds. The first-order chi connectivity index (χ1) is 10.1. The standard InChI is InChI=1S/C14H13Cl2N5.3CH4.5H2/c1-21-14-11(7-20-21)13(18-8-19-14)17-5-4-9-2-3-10(15)6-12(9)16;;;;;;;;/h2-3,6-8H,4-5H2,1H3,(H,17,18,19);3*1H4;5*1H. The molecule has 2 heterocycles. The summed E-state index contributed by atoms with van der Waals surface area (Å²) in [6.45, 7) is 0.711. The monoisotopic (exact) mass is 379 g/mol. The van der Waals surface area contributed by atoms with E-state index in [0.717, 1.165) is 28.8 Å². The normalized spacial score (nSPS) is 9.62. The molecule has 0 fully saturated rings. The Morgan fingerprint density at radius 1 is 1.17 bits per heavy atom. The number of benzene rings is 1. The average Bonchev–Trinajstić information content (AvgIpc) is 2.84. The molecule has 0 aliphatic heterocycles. The van der Waals surface area contributed by atoms with E-state index in [9.17, 15) is 0 Å². The van der Waals surface area contributed by atoms with Crippen molar-refractivity contribution in [3.63, 3.8) is 0 Å².